The SMILES string of the molecule is C/C=C/[C@@H]1CCC2C(C=CC(C)C2CO)C1. The lowest BCUT2D eigenvalue weighted by molar-refractivity contribution is 0.0764. The van der Waals surface area contributed by atoms with Crippen LogP contribution in [0.3, 0.4) is 0 Å². The molecule has 2 aliphatic carbocycles. The highest BCUT2D eigenvalue weighted by Gasteiger charge is 2.37. The Bertz CT molecular complexity index is 279. The van der Waals surface area contributed by atoms with Crippen LogP contribution in [0.4, 0.5) is 0 Å². The summed E-state index contributed by atoms with van der Waals surface area (Å²) < 4.78 is 0. The number of hydrogen-bond acceptors (Lipinski definition) is 1. The second-order valence-corrected chi connectivity index (χ2v) is 5.52. The summed E-state index contributed by atoms with van der Waals surface area (Å²) in [6.07, 6.45) is 13.2. The van der Waals surface area contributed by atoms with Gasteiger partial charge in [-0.05, 0) is 55.8 Å². The standard InChI is InChI=1S/C15H24O/c1-3-4-12-6-8-14-13(9-12)7-5-11(2)15(14)10-16/h3-5,7,11-16H,6,8-10H2,1-2H3/b4-3+/t11?,12-,13?,14?,15?/m1/s1. The molecule has 90 valence electrons. The first kappa shape index (κ1) is 11.9. The molecule has 2 aliphatic rings. The van der Waals surface area contributed by atoms with E-state index in [4.69, 9.17) is 0 Å². The normalized spacial score (nSPS) is 43.6. The minimum atomic E-state index is 0.362. The molecule has 16 heavy (non-hydrogen) atoms. The minimum absolute atomic E-state index is 0.362. The van der Waals surface area contributed by atoms with Gasteiger partial charge in [-0.2, -0.15) is 0 Å². The highest BCUT2D eigenvalue weighted by molar-refractivity contribution is 5.07. The quantitative estimate of drug-likeness (QED) is 0.707. The Morgan fingerprint density at radius 1 is 1.31 bits per heavy atom. The lowest BCUT2D eigenvalue weighted by Crippen LogP contribution is -2.36. The maximum absolute atomic E-state index is 9.52. The molecule has 4 unspecified atom stereocenters. The van der Waals surface area contributed by atoms with E-state index in [0.717, 1.165) is 11.8 Å². The fourth-order valence-corrected chi connectivity index (χ4v) is 3.61. The molecular formula is C15H24O. The van der Waals surface area contributed by atoms with Gasteiger partial charge in [-0.3, -0.25) is 0 Å². The van der Waals surface area contributed by atoms with Crippen molar-refractivity contribution < 1.29 is 5.11 Å². The second kappa shape index (κ2) is 5.18. The summed E-state index contributed by atoms with van der Waals surface area (Å²) in [5, 5.41) is 9.52. The predicted octanol–water partition coefficient (Wildman–Crippen LogP) is 3.41. The highest BCUT2D eigenvalue weighted by atomic mass is 16.3. The van der Waals surface area contributed by atoms with E-state index in [2.05, 4.69) is 38.2 Å². The average molecular weight is 220 g/mol. The van der Waals surface area contributed by atoms with Gasteiger partial charge in [0.1, 0.15) is 0 Å². The topological polar surface area (TPSA) is 20.2 Å². The van der Waals surface area contributed by atoms with E-state index in [1.165, 1.54) is 19.3 Å². The molecule has 0 saturated heterocycles. The van der Waals surface area contributed by atoms with E-state index in [-0.39, 0.29) is 0 Å². The zero-order valence-electron chi connectivity index (χ0n) is 10.5. The number of aliphatic hydroxyl groups excluding tert-OH is 1. The van der Waals surface area contributed by atoms with Gasteiger partial charge in [0.25, 0.3) is 0 Å². The van der Waals surface area contributed by atoms with Gasteiger partial charge in [-0.15, -0.1) is 0 Å². The summed E-state index contributed by atoms with van der Waals surface area (Å²) in [7, 11) is 0. The van der Waals surface area contributed by atoms with Crippen LogP contribution in [0.5, 0.6) is 0 Å². The van der Waals surface area contributed by atoms with E-state index in [9.17, 15) is 5.11 Å². The fraction of sp³-hybridized carbons (Fsp3) is 0.733. The molecule has 0 radical (unpaired) electrons. The Hall–Kier alpha value is -0.560. The van der Waals surface area contributed by atoms with E-state index in [1.54, 1.807) is 0 Å². The van der Waals surface area contributed by atoms with Gasteiger partial charge >= 0.3 is 0 Å². The summed E-state index contributed by atoms with van der Waals surface area (Å²) in [6.45, 7) is 4.72. The third-order valence-electron chi connectivity index (χ3n) is 4.56. The largest absolute Gasteiger partial charge is 0.396 e. The van der Waals surface area contributed by atoms with Gasteiger partial charge in [0, 0.05) is 6.61 Å². The molecule has 2 rings (SSSR count). The molecule has 0 aliphatic heterocycles. The lowest BCUT2D eigenvalue weighted by Gasteiger charge is -2.42. The summed E-state index contributed by atoms with van der Waals surface area (Å²) in [5.74, 6) is 3.27. The summed E-state index contributed by atoms with van der Waals surface area (Å²) in [4.78, 5) is 0. The van der Waals surface area contributed by atoms with Crippen LogP contribution in [0.1, 0.15) is 33.1 Å². The molecule has 0 spiro atoms. The van der Waals surface area contributed by atoms with Gasteiger partial charge < -0.3 is 5.11 Å². The molecule has 0 aromatic heterocycles. The van der Waals surface area contributed by atoms with Gasteiger partial charge in [0.2, 0.25) is 0 Å². The minimum Gasteiger partial charge on any atom is -0.396 e. The maximum Gasteiger partial charge on any atom is 0.0467 e. The van der Waals surface area contributed by atoms with Crippen molar-refractivity contribution in [3.05, 3.63) is 24.3 Å². The van der Waals surface area contributed by atoms with Crippen LogP contribution >= 0.6 is 0 Å². The first-order chi connectivity index (χ1) is 7.76. The fourth-order valence-electron chi connectivity index (χ4n) is 3.61. The molecule has 0 bridgehead atoms. The van der Waals surface area contributed by atoms with E-state index >= 15 is 0 Å². The van der Waals surface area contributed by atoms with E-state index < -0.39 is 0 Å². The van der Waals surface area contributed by atoms with E-state index in [0.29, 0.717) is 24.4 Å². The zero-order valence-corrected chi connectivity index (χ0v) is 10.5. The van der Waals surface area contributed by atoms with Gasteiger partial charge in [-0.1, -0.05) is 31.2 Å². The van der Waals surface area contributed by atoms with Crippen LogP contribution < -0.4 is 0 Å². The molecule has 1 saturated carbocycles. The van der Waals surface area contributed by atoms with Crippen molar-refractivity contribution in [3.8, 4) is 0 Å². The summed E-state index contributed by atoms with van der Waals surface area (Å²) >= 11 is 0. The van der Waals surface area contributed by atoms with Gasteiger partial charge in [-0.25, -0.2) is 0 Å². The van der Waals surface area contributed by atoms with Gasteiger partial charge in [0.15, 0.2) is 0 Å². The zero-order chi connectivity index (χ0) is 11.5. The van der Waals surface area contributed by atoms with Gasteiger partial charge in [0.05, 0.1) is 0 Å². The Balaban J connectivity index is 2.08. The van der Waals surface area contributed by atoms with Crippen molar-refractivity contribution in [2.24, 2.45) is 29.6 Å². The van der Waals surface area contributed by atoms with Crippen LogP contribution in [0, 0.1) is 29.6 Å². The number of allylic oxidation sites excluding steroid dienone is 4. The van der Waals surface area contributed by atoms with Crippen LogP contribution in [0.15, 0.2) is 24.3 Å². The summed E-state index contributed by atoms with van der Waals surface area (Å²) in [5.41, 5.74) is 0. The van der Waals surface area contributed by atoms with Crippen molar-refractivity contribution in [3.63, 3.8) is 0 Å². The van der Waals surface area contributed by atoms with Crippen molar-refractivity contribution in [2.45, 2.75) is 33.1 Å². The number of hydrogen-bond donors (Lipinski definition) is 1. The number of aliphatic hydroxyl groups is 1. The van der Waals surface area contributed by atoms with Crippen LogP contribution in [0.2, 0.25) is 0 Å². The van der Waals surface area contributed by atoms with Crippen molar-refractivity contribution in [1.82, 2.24) is 0 Å². The highest BCUT2D eigenvalue weighted by Crippen LogP contribution is 2.44. The third kappa shape index (κ3) is 2.24. The molecule has 1 nitrogen and oxygen atoms in total. The monoisotopic (exact) mass is 220 g/mol. The van der Waals surface area contributed by atoms with Crippen molar-refractivity contribution in [1.29, 1.82) is 0 Å². The van der Waals surface area contributed by atoms with Crippen LogP contribution in [0.25, 0.3) is 0 Å². The van der Waals surface area contributed by atoms with Crippen molar-refractivity contribution >= 4 is 0 Å². The molecule has 1 fully saturated rings. The number of rotatable bonds is 2. The Kier molecular flexibility index (Phi) is 3.86. The first-order valence-corrected chi connectivity index (χ1v) is 6.68. The lowest BCUT2D eigenvalue weighted by atomic mass is 9.63. The van der Waals surface area contributed by atoms with E-state index in [1.807, 2.05) is 0 Å². The molecule has 0 amide bonds. The Labute approximate surface area is 99.3 Å². The average Bonchev–Trinajstić information content (AvgIpc) is 2.30. The molecule has 0 aromatic carbocycles. The maximum atomic E-state index is 9.52. The predicted molar refractivity (Wildman–Crippen MR) is 68.0 cm³/mol. The molecule has 1 heteroatoms. The first-order valence-electron chi connectivity index (χ1n) is 6.68. The molecule has 5 atom stereocenters. The smallest absolute Gasteiger partial charge is 0.0467 e. The second-order valence-electron chi connectivity index (χ2n) is 5.52. The third-order valence-corrected chi connectivity index (χ3v) is 4.56. The number of fused-ring (bicyclic) bond motifs is 1. The van der Waals surface area contributed by atoms with Crippen LogP contribution in [-0.2, 0) is 0 Å². The molecule has 0 aromatic rings. The van der Waals surface area contributed by atoms with Crippen LogP contribution in [-0.4, -0.2) is 11.7 Å². The Morgan fingerprint density at radius 2 is 2.12 bits per heavy atom. The Morgan fingerprint density at radius 3 is 2.81 bits per heavy atom. The van der Waals surface area contributed by atoms with Crippen molar-refractivity contribution in [2.75, 3.05) is 6.61 Å². The molecule has 0 heterocycles. The summed E-state index contributed by atoms with van der Waals surface area (Å²) in [6, 6.07) is 0. The molecule has 1 N–H and O–H groups in total. The molecular weight excluding hydrogens is 196 g/mol.